The number of ether oxygens (including phenoxy) is 2. The van der Waals surface area contributed by atoms with Crippen LogP contribution >= 0.6 is 34.2 Å². The summed E-state index contributed by atoms with van der Waals surface area (Å²) < 4.78 is 11.0. The standard InChI is InChI=1S/C16H23ClIN3O3/c1-3-24-16(22)11-6-8-21(9-7-11)15-13(17)20-14(18)12(19-15)5-4-10-23-2/h11H,3-10H2,1-2H3. The minimum absolute atomic E-state index is 0.0297. The van der Waals surface area contributed by atoms with Gasteiger partial charge in [-0.1, -0.05) is 11.6 Å². The van der Waals surface area contributed by atoms with Gasteiger partial charge in [0.2, 0.25) is 0 Å². The molecule has 6 nitrogen and oxygen atoms in total. The molecule has 2 heterocycles. The van der Waals surface area contributed by atoms with Crippen molar-refractivity contribution in [3.8, 4) is 0 Å². The van der Waals surface area contributed by atoms with Gasteiger partial charge >= 0.3 is 5.97 Å². The Hall–Kier alpha value is -0.670. The van der Waals surface area contributed by atoms with Gasteiger partial charge in [-0.05, 0) is 55.2 Å². The predicted molar refractivity (Wildman–Crippen MR) is 102 cm³/mol. The maximum Gasteiger partial charge on any atom is 0.309 e. The number of esters is 1. The molecule has 0 amide bonds. The molecule has 0 atom stereocenters. The van der Waals surface area contributed by atoms with E-state index in [-0.39, 0.29) is 11.9 Å². The number of aryl methyl sites for hydroxylation is 1. The van der Waals surface area contributed by atoms with Gasteiger partial charge < -0.3 is 14.4 Å². The van der Waals surface area contributed by atoms with Crippen LogP contribution in [-0.4, -0.2) is 49.4 Å². The molecule has 0 N–H and O–H groups in total. The van der Waals surface area contributed by atoms with Gasteiger partial charge in [0.05, 0.1) is 18.2 Å². The highest BCUT2D eigenvalue weighted by Crippen LogP contribution is 2.29. The van der Waals surface area contributed by atoms with Crippen LogP contribution in [0, 0.1) is 9.62 Å². The van der Waals surface area contributed by atoms with Gasteiger partial charge in [0, 0.05) is 26.8 Å². The van der Waals surface area contributed by atoms with Crippen molar-refractivity contribution in [1.82, 2.24) is 9.97 Å². The number of hydrogen-bond donors (Lipinski definition) is 0. The lowest BCUT2D eigenvalue weighted by atomic mass is 9.97. The molecule has 0 saturated carbocycles. The zero-order valence-corrected chi connectivity index (χ0v) is 17.0. The molecule has 24 heavy (non-hydrogen) atoms. The molecule has 0 aliphatic carbocycles. The minimum atomic E-state index is -0.0998. The highest BCUT2D eigenvalue weighted by molar-refractivity contribution is 14.1. The Morgan fingerprint density at radius 3 is 2.71 bits per heavy atom. The number of piperidine rings is 1. The van der Waals surface area contributed by atoms with Crippen LogP contribution in [0.4, 0.5) is 5.82 Å². The summed E-state index contributed by atoms with van der Waals surface area (Å²) in [6, 6.07) is 0. The average molecular weight is 468 g/mol. The third-order valence-electron chi connectivity index (χ3n) is 4.04. The van der Waals surface area contributed by atoms with Crippen LogP contribution in [0.2, 0.25) is 5.15 Å². The monoisotopic (exact) mass is 467 g/mol. The molecule has 1 aromatic rings. The molecule has 134 valence electrons. The number of nitrogens with zero attached hydrogens (tertiary/aromatic N) is 3. The van der Waals surface area contributed by atoms with Crippen molar-refractivity contribution in [2.75, 3.05) is 38.3 Å². The molecule has 1 aliphatic heterocycles. The van der Waals surface area contributed by atoms with Crippen molar-refractivity contribution in [2.45, 2.75) is 32.6 Å². The second-order valence-corrected chi connectivity index (χ2v) is 7.07. The third-order valence-corrected chi connectivity index (χ3v) is 5.15. The van der Waals surface area contributed by atoms with Gasteiger partial charge in [-0.2, -0.15) is 0 Å². The summed E-state index contributed by atoms with van der Waals surface area (Å²) in [6.45, 7) is 4.42. The summed E-state index contributed by atoms with van der Waals surface area (Å²) >= 11 is 8.48. The van der Waals surface area contributed by atoms with E-state index in [4.69, 9.17) is 26.1 Å². The lowest BCUT2D eigenvalue weighted by Gasteiger charge is -2.32. The Morgan fingerprint density at radius 1 is 1.38 bits per heavy atom. The second kappa shape index (κ2) is 9.72. The number of carbonyl (C=O) groups excluding carboxylic acids is 1. The topological polar surface area (TPSA) is 64.5 Å². The Kier molecular flexibility index (Phi) is 7.96. The SMILES string of the molecule is CCOC(=O)C1CCN(c2nc(CCCOC)c(I)nc2Cl)CC1. The van der Waals surface area contributed by atoms with Crippen molar-refractivity contribution >= 4 is 46.0 Å². The molecule has 1 aromatic heterocycles. The molecule has 1 aliphatic rings. The van der Waals surface area contributed by atoms with Crippen LogP contribution in [0.1, 0.15) is 31.9 Å². The summed E-state index contributed by atoms with van der Waals surface area (Å²) in [6.07, 6.45) is 3.21. The van der Waals surface area contributed by atoms with Gasteiger partial charge in [-0.25, -0.2) is 9.97 Å². The number of aromatic nitrogens is 2. The number of carbonyl (C=O) groups is 1. The van der Waals surface area contributed by atoms with Gasteiger partial charge in [0.15, 0.2) is 11.0 Å². The quantitative estimate of drug-likeness (QED) is 0.349. The van der Waals surface area contributed by atoms with Crippen molar-refractivity contribution in [3.05, 3.63) is 14.5 Å². The molecule has 0 spiro atoms. The highest BCUT2D eigenvalue weighted by Gasteiger charge is 2.28. The molecule has 0 unspecified atom stereocenters. The van der Waals surface area contributed by atoms with Crippen LogP contribution in [0.15, 0.2) is 0 Å². The van der Waals surface area contributed by atoms with E-state index in [1.165, 1.54) is 0 Å². The van der Waals surface area contributed by atoms with Crippen LogP contribution < -0.4 is 4.90 Å². The average Bonchev–Trinajstić information content (AvgIpc) is 2.57. The van der Waals surface area contributed by atoms with Crippen LogP contribution in [-0.2, 0) is 20.7 Å². The number of rotatable bonds is 7. The molecule has 8 heteroatoms. The second-order valence-electron chi connectivity index (χ2n) is 5.69. The molecule has 0 radical (unpaired) electrons. The molecule has 0 aromatic carbocycles. The lowest BCUT2D eigenvalue weighted by Crippen LogP contribution is -2.37. The maximum absolute atomic E-state index is 11.8. The Labute approximate surface area is 161 Å². The molecular formula is C16H23ClIN3O3. The first-order chi connectivity index (χ1) is 11.6. The molecule has 1 fully saturated rings. The van der Waals surface area contributed by atoms with E-state index in [1.54, 1.807) is 7.11 Å². The van der Waals surface area contributed by atoms with Gasteiger partial charge in [0.25, 0.3) is 0 Å². The molecule has 0 bridgehead atoms. The van der Waals surface area contributed by atoms with Crippen molar-refractivity contribution < 1.29 is 14.3 Å². The van der Waals surface area contributed by atoms with E-state index in [0.717, 1.165) is 48.2 Å². The summed E-state index contributed by atoms with van der Waals surface area (Å²) in [4.78, 5) is 23.1. The van der Waals surface area contributed by atoms with E-state index in [9.17, 15) is 4.79 Å². The van der Waals surface area contributed by atoms with E-state index < -0.39 is 0 Å². The first kappa shape index (κ1) is 19.7. The van der Waals surface area contributed by atoms with Crippen molar-refractivity contribution in [2.24, 2.45) is 5.92 Å². The third kappa shape index (κ3) is 5.16. The zero-order chi connectivity index (χ0) is 17.5. The summed E-state index contributed by atoms with van der Waals surface area (Å²) in [5.41, 5.74) is 0.944. The number of anilines is 1. The van der Waals surface area contributed by atoms with E-state index in [0.29, 0.717) is 24.2 Å². The molecular weight excluding hydrogens is 445 g/mol. The Morgan fingerprint density at radius 2 is 2.08 bits per heavy atom. The summed E-state index contributed by atoms with van der Waals surface area (Å²) in [5, 5.41) is 0.421. The smallest absolute Gasteiger partial charge is 0.309 e. The molecule has 2 rings (SSSR count). The highest BCUT2D eigenvalue weighted by atomic mass is 127. The van der Waals surface area contributed by atoms with Crippen molar-refractivity contribution in [3.63, 3.8) is 0 Å². The van der Waals surface area contributed by atoms with Gasteiger partial charge in [-0.3, -0.25) is 4.79 Å². The van der Waals surface area contributed by atoms with Crippen molar-refractivity contribution in [1.29, 1.82) is 0 Å². The minimum Gasteiger partial charge on any atom is -0.466 e. The zero-order valence-electron chi connectivity index (χ0n) is 14.1. The van der Waals surface area contributed by atoms with E-state index >= 15 is 0 Å². The first-order valence-corrected chi connectivity index (χ1v) is 9.64. The fourth-order valence-corrected chi connectivity index (χ4v) is 3.77. The Bertz CT molecular complexity index is 566. The van der Waals surface area contributed by atoms with Gasteiger partial charge in [-0.15, -0.1) is 0 Å². The lowest BCUT2D eigenvalue weighted by molar-refractivity contribution is -0.148. The fraction of sp³-hybridized carbons (Fsp3) is 0.688. The fourth-order valence-electron chi connectivity index (χ4n) is 2.75. The largest absolute Gasteiger partial charge is 0.466 e. The van der Waals surface area contributed by atoms with Crippen LogP contribution in [0.25, 0.3) is 0 Å². The predicted octanol–water partition coefficient (Wildman–Crippen LogP) is 3.09. The van der Waals surface area contributed by atoms with Gasteiger partial charge in [0.1, 0.15) is 3.70 Å². The molecule has 1 saturated heterocycles. The van der Waals surface area contributed by atoms with Crippen LogP contribution in [0.3, 0.4) is 0 Å². The first-order valence-electron chi connectivity index (χ1n) is 8.19. The summed E-state index contributed by atoms with van der Waals surface area (Å²) in [5.74, 6) is 0.585. The van der Waals surface area contributed by atoms with E-state index in [1.807, 2.05) is 6.92 Å². The van der Waals surface area contributed by atoms with E-state index in [2.05, 4.69) is 32.5 Å². The summed E-state index contributed by atoms with van der Waals surface area (Å²) in [7, 11) is 1.69. The maximum atomic E-state index is 11.8. The van der Waals surface area contributed by atoms with Crippen LogP contribution in [0.5, 0.6) is 0 Å². The number of hydrogen-bond acceptors (Lipinski definition) is 6. The number of halogens is 2. The Balaban J connectivity index is 2.04. The normalized spacial score (nSPS) is 15.6. The number of methoxy groups -OCH3 is 1.